The summed E-state index contributed by atoms with van der Waals surface area (Å²) in [5.74, 6) is -1.60. The van der Waals surface area contributed by atoms with E-state index in [4.69, 9.17) is 29.0 Å². The molecule has 37 heavy (non-hydrogen) atoms. The van der Waals surface area contributed by atoms with E-state index >= 15 is 0 Å². The molecule has 6 atom stereocenters. The van der Waals surface area contributed by atoms with E-state index < -0.39 is 69.2 Å². The Balaban J connectivity index is 2.20. The predicted molar refractivity (Wildman–Crippen MR) is 128 cm³/mol. The molecule has 0 aromatic carbocycles. The van der Waals surface area contributed by atoms with Gasteiger partial charge in [0.2, 0.25) is 0 Å². The van der Waals surface area contributed by atoms with Crippen LogP contribution < -0.4 is 16.5 Å². The quantitative estimate of drug-likeness (QED) is 0.173. The zero-order valence-corrected chi connectivity index (χ0v) is 22.0. The molecule has 210 valence electrons. The van der Waals surface area contributed by atoms with Crippen LogP contribution in [0, 0.1) is 5.92 Å². The number of ether oxygens (including phenoxy) is 3. The first-order valence-electron chi connectivity index (χ1n) is 11.8. The number of carbonyl (C=O) groups excluding carboxylic acids is 2. The summed E-state index contributed by atoms with van der Waals surface area (Å²) in [7, 11) is -4.42. The number of rotatable bonds is 14. The lowest BCUT2D eigenvalue weighted by atomic mass is 10.1. The molecule has 1 fully saturated rings. The molecule has 16 heteroatoms. The third kappa shape index (κ3) is 8.85. The maximum atomic E-state index is 13.6. The Bertz CT molecular complexity index is 1020. The molecule has 0 radical (unpaired) electrons. The number of aromatic nitrogens is 2. The maximum absolute atomic E-state index is 13.6. The number of nitrogens with two attached hydrogens (primary N) is 1. The number of anilines is 1. The summed E-state index contributed by atoms with van der Waals surface area (Å²) in [5.41, 5.74) is 4.65. The summed E-state index contributed by atoms with van der Waals surface area (Å²) in [6.45, 7) is 5.60. The molecule has 5 N–H and O–H groups in total. The lowest BCUT2D eigenvalue weighted by Crippen LogP contribution is -2.39. The van der Waals surface area contributed by atoms with Gasteiger partial charge >= 0.3 is 25.4 Å². The minimum atomic E-state index is -4.42. The van der Waals surface area contributed by atoms with Crippen molar-refractivity contribution in [3.63, 3.8) is 0 Å². The van der Waals surface area contributed by atoms with Crippen LogP contribution in [-0.4, -0.2) is 82.5 Å². The van der Waals surface area contributed by atoms with Crippen molar-refractivity contribution in [2.45, 2.75) is 64.7 Å². The van der Waals surface area contributed by atoms with Crippen LogP contribution in [0.2, 0.25) is 0 Å². The molecule has 2 heterocycles. The fourth-order valence-electron chi connectivity index (χ4n) is 3.45. The summed E-state index contributed by atoms with van der Waals surface area (Å²) in [5, 5.41) is 23.4. The Labute approximate surface area is 213 Å². The fourth-order valence-corrected chi connectivity index (χ4v) is 4.88. The van der Waals surface area contributed by atoms with Gasteiger partial charge in [-0.1, -0.05) is 13.8 Å². The second-order valence-corrected chi connectivity index (χ2v) is 10.3. The van der Waals surface area contributed by atoms with Gasteiger partial charge in [0.05, 0.1) is 19.8 Å². The molecule has 1 saturated heterocycles. The van der Waals surface area contributed by atoms with Crippen molar-refractivity contribution in [2.24, 2.45) is 5.92 Å². The Morgan fingerprint density at radius 1 is 1.22 bits per heavy atom. The van der Waals surface area contributed by atoms with E-state index in [9.17, 15) is 29.2 Å². The van der Waals surface area contributed by atoms with Gasteiger partial charge in [-0.3, -0.25) is 18.4 Å². The first kappa shape index (κ1) is 30.8. The Morgan fingerprint density at radius 2 is 1.89 bits per heavy atom. The molecular weight excluding hydrogens is 515 g/mol. The SMILES string of the molecule is CCOC(=O)COP(=O)(N[C@@H](CC(C)C)C(=O)OCC)OC[C@H]1O[C@@H](n2ccc(N)nc2=O)C(O)C1O. The Hall–Kier alpha value is -2.39. The lowest BCUT2D eigenvalue weighted by Gasteiger charge is -2.26. The zero-order valence-electron chi connectivity index (χ0n) is 21.1. The highest BCUT2D eigenvalue weighted by Gasteiger charge is 2.46. The lowest BCUT2D eigenvalue weighted by molar-refractivity contribution is -0.145. The van der Waals surface area contributed by atoms with Crippen LogP contribution in [0.25, 0.3) is 0 Å². The van der Waals surface area contributed by atoms with Crippen molar-refractivity contribution < 1.29 is 47.6 Å². The standard InChI is InChI=1S/C21H35N4O11P/c1-5-32-16(26)11-35-37(31,24-13(9-12(3)4)20(29)33-6-2)34-10-14-17(27)18(28)19(36-14)25-8-7-15(22)23-21(25)30/h7-8,12-14,17-19,27-28H,5-6,9-11H2,1-4H3,(H,24,31)(H2,22,23,30)/t13-,14+,17?,18?,19+,37?/m0/s1. The molecule has 1 aliphatic heterocycles. The zero-order chi connectivity index (χ0) is 27.8. The largest absolute Gasteiger partial charge is 0.465 e. The summed E-state index contributed by atoms with van der Waals surface area (Å²) < 4.78 is 40.5. The smallest absolute Gasteiger partial charge is 0.406 e. The van der Waals surface area contributed by atoms with Crippen LogP contribution in [0.3, 0.4) is 0 Å². The van der Waals surface area contributed by atoms with Gasteiger partial charge in [-0.15, -0.1) is 0 Å². The minimum Gasteiger partial charge on any atom is -0.465 e. The number of esters is 2. The van der Waals surface area contributed by atoms with Crippen LogP contribution in [0.1, 0.15) is 40.3 Å². The minimum absolute atomic E-state index is 0.0249. The monoisotopic (exact) mass is 550 g/mol. The van der Waals surface area contributed by atoms with Gasteiger partial charge in [0.25, 0.3) is 0 Å². The Morgan fingerprint density at radius 3 is 2.49 bits per heavy atom. The molecule has 3 unspecified atom stereocenters. The van der Waals surface area contributed by atoms with E-state index in [1.165, 1.54) is 12.3 Å². The third-order valence-corrected chi connectivity index (χ3v) is 6.71. The van der Waals surface area contributed by atoms with Gasteiger partial charge in [0, 0.05) is 6.20 Å². The second-order valence-electron chi connectivity index (χ2n) is 8.52. The predicted octanol–water partition coefficient (Wildman–Crippen LogP) is -0.283. The van der Waals surface area contributed by atoms with E-state index in [1.807, 2.05) is 13.8 Å². The van der Waals surface area contributed by atoms with E-state index in [2.05, 4.69) is 10.1 Å². The van der Waals surface area contributed by atoms with Gasteiger partial charge in [-0.05, 0) is 32.3 Å². The molecule has 15 nitrogen and oxygen atoms in total. The van der Waals surface area contributed by atoms with Crippen molar-refractivity contribution in [1.29, 1.82) is 0 Å². The van der Waals surface area contributed by atoms with Crippen molar-refractivity contribution in [3.05, 3.63) is 22.7 Å². The third-order valence-electron chi connectivity index (χ3n) is 5.12. The number of aliphatic hydroxyl groups is 2. The molecule has 0 amide bonds. The van der Waals surface area contributed by atoms with Crippen LogP contribution >= 0.6 is 7.75 Å². The summed E-state index contributed by atoms with van der Waals surface area (Å²) in [4.78, 5) is 40.0. The highest BCUT2D eigenvalue weighted by molar-refractivity contribution is 7.51. The molecular formula is C21H35N4O11P. The van der Waals surface area contributed by atoms with Gasteiger partial charge in [0.15, 0.2) is 12.8 Å². The van der Waals surface area contributed by atoms with Crippen LogP contribution in [-0.2, 0) is 37.4 Å². The molecule has 0 aliphatic carbocycles. The van der Waals surface area contributed by atoms with Gasteiger partial charge in [-0.2, -0.15) is 4.98 Å². The molecule has 1 aromatic heterocycles. The number of nitrogen functional groups attached to an aromatic ring is 1. The number of nitrogens with one attached hydrogen (secondary N) is 1. The van der Waals surface area contributed by atoms with E-state index in [1.54, 1.807) is 13.8 Å². The van der Waals surface area contributed by atoms with Crippen LogP contribution in [0.4, 0.5) is 5.82 Å². The Kier molecular flexibility index (Phi) is 11.6. The molecule has 1 aliphatic rings. The molecule has 0 spiro atoms. The van der Waals surface area contributed by atoms with E-state index in [-0.39, 0.29) is 31.4 Å². The molecule has 2 rings (SSSR count). The van der Waals surface area contributed by atoms with Crippen molar-refractivity contribution in [3.8, 4) is 0 Å². The molecule has 0 saturated carbocycles. The van der Waals surface area contributed by atoms with Crippen LogP contribution in [0.15, 0.2) is 17.1 Å². The fraction of sp³-hybridized carbons (Fsp3) is 0.714. The maximum Gasteiger partial charge on any atom is 0.406 e. The van der Waals surface area contributed by atoms with Gasteiger partial charge in [0.1, 0.15) is 30.2 Å². The second kappa shape index (κ2) is 14.0. The highest BCUT2D eigenvalue weighted by Crippen LogP contribution is 2.46. The topological polar surface area (TPSA) is 211 Å². The number of hydrogen-bond acceptors (Lipinski definition) is 13. The first-order chi connectivity index (χ1) is 17.4. The number of hydrogen-bond donors (Lipinski definition) is 4. The van der Waals surface area contributed by atoms with Crippen molar-refractivity contribution in [2.75, 3.05) is 32.2 Å². The summed E-state index contributed by atoms with van der Waals surface area (Å²) in [6, 6.07) is 0.194. The van der Waals surface area contributed by atoms with Gasteiger partial charge in [-0.25, -0.2) is 19.2 Å². The van der Waals surface area contributed by atoms with E-state index in [0.29, 0.717) is 0 Å². The van der Waals surface area contributed by atoms with Crippen molar-refractivity contribution in [1.82, 2.24) is 14.6 Å². The first-order valence-corrected chi connectivity index (χ1v) is 13.3. The average Bonchev–Trinajstić information content (AvgIpc) is 3.10. The van der Waals surface area contributed by atoms with Crippen LogP contribution in [0.5, 0.6) is 0 Å². The van der Waals surface area contributed by atoms with Crippen molar-refractivity contribution >= 4 is 25.5 Å². The normalized spacial score (nSPS) is 24.0. The average molecular weight is 551 g/mol. The highest BCUT2D eigenvalue weighted by atomic mass is 31.2. The number of nitrogens with zero attached hydrogens (tertiary/aromatic N) is 2. The summed E-state index contributed by atoms with van der Waals surface area (Å²) in [6.07, 6.45) is -4.32. The number of carbonyl (C=O) groups is 2. The van der Waals surface area contributed by atoms with Gasteiger partial charge < -0.3 is 30.2 Å². The molecule has 1 aromatic rings. The summed E-state index contributed by atoms with van der Waals surface area (Å²) >= 11 is 0. The molecule has 0 bridgehead atoms. The number of aliphatic hydroxyl groups excluding tert-OH is 2. The van der Waals surface area contributed by atoms with E-state index in [0.717, 1.165) is 4.57 Å².